The summed E-state index contributed by atoms with van der Waals surface area (Å²) in [6.45, 7) is 1.62. The highest BCUT2D eigenvalue weighted by Crippen LogP contribution is 2.21. The van der Waals surface area contributed by atoms with Crippen molar-refractivity contribution < 1.29 is 15.0 Å². The molecule has 2 rings (SSSR count). The third-order valence-electron chi connectivity index (χ3n) is 3.23. The van der Waals surface area contributed by atoms with Crippen molar-refractivity contribution in [3.05, 3.63) is 47.0 Å². The number of hydrogen-bond donors (Lipinski definition) is 4. The number of nitrogens with one attached hydrogen (secondary N) is 2. The largest absolute Gasteiger partial charge is 0.348 e. The van der Waals surface area contributed by atoms with Gasteiger partial charge in [0.05, 0.1) is 19.1 Å². The number of imidazole rings is 1. The Kier molecular flexibility index (Phi) is 4.82. The molecule has 0 saturated carbocycles. The van der Waals surface area contributed by atoms with Crippen LogP contribution in [0.1, 0.15) is 11.3 Å². The Morgan fingerprint density at radius 3 is 2.82 bits per heavy atom. The smallest absolute Gasteiger partial charge is 0.270 e. The number of anilines is 1. The third-order valence-corrected chi connectivity index (χ3v) is 3.64. The lowest BCUT2D eigenvalue weighted by molar-refractivity contribution is -0.268. The number of aliphatic hydroxyl groups is 2. The Labute approximate surface area is 132 Å². The molecule has 0 saturated heterocycles. The summed E-state index contributed by atoms with van der Waals surface area (Å²) in [4.78, 5) is 19.4. The summed E-state index contributed by atoms with van der Waals surface area (Å²) >= 11 is 5.99. The van der Waals surface area contributed by atoms with Gasteiger partial charge < -0.3 is 20.5 Å². The van der Waals surface area contributed by atoms with E-state index in [1.54, 1.807) is 18.2 Å². The SMILES string of the molecule is Cc1ccc(NC(=O)CN(C)C(O)(O)c2cnc[nH]2)cc1Cl. The monoisotopic (exact) mass is 324 g/mol. The van der Waals surface area contributed by atoms with Gasteiger partial charge in [-0.05, 0) is 31.7 Å². The van der Waals surface area contributed by atoms with Crippen molar-refractivity contribution in [1.29, 1.82) is 0 Å². The van der Waals surface area contributed by atoms with Crippen molar-refractivity contribution in [2.45, 2.75) is 12.8 Å². The first-order chi connectivity index (χ1) is 10.3. The molecule has 0 fully saturated rings. The van der Waals surface area contributed by atoms with Gasteiger partial charge in [0, 0.05) is 10.7 Å². The maximum Gasteiger partial charge on any atom is 0.270 e. The van der Waals surface area contributed by atoms with Crippen molar-refractivity contribution in [3.8, 4) is 0 Å². The first kappa shape index (κ1) is 16.4. The maximum absolute atomic E-state index is 12.0. The Bertz CT molecular complexity index is 658. The van der Waals surface area contributed by atoms with E-state index >= 15 is 0 Å². The van der Waals surface area contributed by atoms with E-state index in [1.807, 2.05) is 6.92 Å². The van der Waals surface area contributed by atoms with E-state index in [2.05, 4.69) is 15.3 Å². The molecule has 0 spiro atoms. The number of nitrogens with zero attached hydrogens (tertiary/aromatic N) is 2. The molecule has 22 heavy (non-hydrogen) atoms. The van der Waals surface area contributed by atoms with Gasteiger partial charge in [-0.25, -0.2) is 9.88 Å². The molecule has 4 N–H and O–H groups in total. The molecule has 0 aliphatic carbocycles. The van der Waals surface area contributed by atoms with Crippen LogP contribution in [-0.4, -0.2) is 44.6 Å². The molecule has 1 amide bonds. The summed E-state index contributed by atoms with van der Waals surface area (Å²) in [7, 11) is 1.41. The lowest BCUT2D eigenvalue weighted by Crippen LogP contribution is -2.47. The molecule has 7 nitrogen and oxygen atoms in total. The molecule has 0 aliphatic rings. The van der Waals surface area contributed by atoms with Crippen LogP contribution in [-0.2, 0) is 10.7 Å². The van der Waals surface area contributed by atoms with Crippen molar-refractivity contribution in [2.24, 2.45) is 0 Å². The maximum atomic E-state index is 12.0. The minimum atomic E-state index is -2.32. The van der Waals surface area contributed by atoms with E-state index in [1.165, 1.54) is 19.6 Å². The van der Waals surface area contributed by atoms with E-state index in [9.17, 15) is 15.0 Å². The molecule has 1 aromatic carbocycles. The molecular weight excluding hydrogens is 308 g/mol. The van der Waals surface area contributed by atoms with Crippen LogP contribution in [0.25, 0.3) is 0 Å². The molecule has 0 unspecified atom stereocenters. The summed E-state index contributed by atoms with van der Waals surface area (Å²) < 4.78 is 0. The second-order valence-electron chi connectivity index (χ2n) is 4.97. The number of hydrogen-bond acceptors (Lipinski definition) is 5. The van der Waals surface area contributed by atoms with Gasteiger partial charge in [0.1, 0.15) is 5.69 Å². The Morgan fingerprint density at radius 2 is 2.23 bits per heavy atom. The zero-order chi connectivity index (χ0) is 16.3. The van der Waals surface area contributed by atoms with Crippen LogP contribution in [0.15, 0.2) is 30.7 Å². The van der Waals surface area contributed by atoms with Crippen molar-refractivity contribution in [2.75, 3.05) is 18.9 Å². The lowest BCUT2D eigenvalue weighted by atomic mass is 10.2. The molecular formula is C14H17ClN4O3. The number of amides is 1. The van der Waals surface area contributed by atoms with Crippen molar-refractivity contribution >= 4 is 23.2 Å². The fourth-order valence-electron chi connectivity index (χ4n) is 1.84. The van der Waals surface area contributed by atoms with Crippen LogP contribution in [0, 0.1) is 6.92 Å². The first-order valence-electron chi connectivity index (χ1n) is 6.51. The van der Waals surface area contributed by atoms with Gasteiger partial charge in [-0.2, -0.15) is 0 Å². The summed E-state index contributed by atoms with van der Waals surface area (Å²) in [6.07, 6.45) is 2.59. The number of aromatic amines is 1. The van der Waals surface area contributed by atoms with Gasteiger partial charge >= 0.3 is 0 Å². The highest BCUT2D eigenvalue weighted by molar-refractivity contribution is 6.31. The Hall–Kier alpha value is -1.93. The second kappa shape index (κ2) is 6.45. The predicted octanol–water partition coefficient (Wildman–Crippen LogP) is 1.04. The number of halogens is 1. The number of H-pyrrole nitrogens is 1. The van der Waals surface area contributed by atoms with E-state index < -0.39 is 11.8 Å². The fraction of sp³-hybridized carbons (Fsp3) is 0.286. The van der Waals surface area contributed by atoms with Crippen molar-refractivity contribution in [1.82, 2.24) is 14.9 Å². The molecule has 0 atom stereocenters. The fourth-order valence-corrected chi connectivity index (χ4v) is 2.02. The van der Waals surface area contributed by atoms with Gasteiger partial charge in [0.15, 0.2) is 0 Å². The number of carbonyl (C=O) groups excluding carboxylic acids is 1. The summed E-state index contributed by atoms with van der Waals surface area (Å²) in [5.74, 6) is -2.73. The molecule has 118 valence electrons. The minimum absolute atomic E-state index is 0.0705. The van der Waals surface area contributed by atoms with Gasteiger partial charge in [0.2, 0.25) is 5.91 Å². The Balaban J connectivity index is 2.00. The van der Waals surface area contributed by atoms with Gasteiger partial charge in [-0.3, -0.25) is 4.79 Å². The molecule has 8 heteroatoms. The average molecular weight is 325 g/mol. The van der Waals surface area contributed by atoms with E-state index in [0.717, 1.165) is 10.5 Å². The Morgan fingerprint density at radius 1 is 1.50 bits per heavy atom. The standard InChI is InChI=1S/C14H17ClN4O3/c1-9-3-4-10(5-11(9)15)18-13(20)7-19(2)14(21,22)12-6-16-8-17-12/h3-6,8,21-22H,7H2,1-2H3,(H,16,17)(H,18,20). The summed E-state index contributed by atoms with van der Waals surface area (Å²) in [6, 6.07) is 5.14. The molecule has 0 radical (unpaired) electrons. The number of carbonyl (C=O) groups is 1. The van der Waals surface area contributed by atoms with E-state index in [4.69, 9.17) is 11.6 Å². The second-order valence-corrected chi connectivity index (χ2v) is 5.38. The zero-order valence-corrected chi connectivity index (χ0v) is 12.9. The summed E-state index contributed by atoms with van der Waals surface area (Å²) in [5.41, 5.74) is 1.51. The zero-order valence-electron chi connectivity index (χ0n) is 12.2. The lowest BCUT2D eigenvalue weighted by Gasteiger charge is -2.30. The van der Waals surface area contributed by atoms with Crippen molar-refractivity contribution in [3.63, 3.8) is 0 Å². The van der Waals surface area contributed by atoms with Crippen LogP contribution >= 0.6 is 11.6 Å². The van der Waals surface area contributed by atoms with Crippen LogP contribution in [0.2, 0.25) is 5.02 Å². The first-order valence-corrected chi connectivity index (χ1v) is 6.89. The van der Waals surface area contributed by atoms with Gasteiger partial charge in [-0.15, -0.1) is 0 Å². The van der Waals surface area contributed by atoms with Gasteiger partial charge in [0.25, 0.3) is 5.91 Å². The molecule has 0 aliphatic heterocycles. The quantitative estimate of drug-likeness (QED) is 0.616. The predicted molar refractivity (Wildman–Crippen MR) is 82.2 cm³/mol. The van der Waals surface area contributed by atoms with Crippen LogP contribution in [0.4, 0.5) is 5.69 Å². The molecule has 1 aromatic heterocycles. The molecule has 0 bridgehead atoms. The number of rotatable bonds is 5. The highest BCUT2D eigenvalue weighted by Gasteiger charge is 2.34. The number of benzene rings is 1. The molecule has 2 aromatic rings. The average Bonchev–Trinajstić information content (AvgIpc) is 2.97. The van der Waals surface area contributed by atoms with E-state index in [-0.39, 0.29) is 12.2 Å². The van der Waals surface area contributed by atoms with Crippen LogP contribution in [0.3, 0.4) is 0 Å². The minimum Gasteiger partial charge on any atom is -0.348 e. The van der Waals surface area contributed by atoms with E-state index in [0.29, 0.717) is 10.7 Å². The van der Waals surface area contributed by atoms with Crippen LogP contribution < -0.4 is 5.32 Å². The van der Waals surface area contributed by atoms with Gasteiger partial charge in [-0.1, -0.05) is 17.7 Å². The highest BCUT2D eigenvalue weighted by atomic mass is 35.5. The van der Waals surface area contributed by atoms with Crippen LogP contribution in [0.5, 0.6) is 0 Å². The topological polar surface area (TPSA) is 101 Å². The number of aromatic nitrogens is 2. The number of aryl methyl sites for hydroxylation is 1. The molecule has 1 heterocycles. The normalized spacial score (nSPS) is 11.7. The third kappa shape index (κ3) is 3.63. The number of likely N-dealkylation sites (N-methyl/N-ethyl adjacent to an activating group) is 1. The summed E-state index contributed by atoms with van der Waals surface area (Å²) in [5, 5.41) is 23.3.